The van der Waals surface area contributed by atoms with Crippen molar-refractivity contribution in [2.75, 3.05) is 11.9 Å². The van der Waals surface area contributed by atoms with Crippen molar-refractivity contribution in [2.24, 2.45) is 11.7 Å². The first kappa shape index (κ1) is 11.9. The average molecular weight is 208 g/mol. The van der Waals surface area contributed by atoms with Crippen molar-refractivity contribution in [2.45, 2.75) is 33.2 Å². The van der Waals surface area contributed by atoms with E-state index in [0.717, 1.165) is 24.5 Å². The lowest BCUT2D eigenvalue weighted by Crippen LogP contribution is -2.30. The summed E-state index contributed by atoms with van der Waals surface area (Å²) in [4.78, 5) is 0. The molecule has 4 nitrogen and oxygen atoms in total. The lowest BCUT2D eigenvalue weighted by atomic mass is 10.0. The fraction of sp³-hybridized carbons (Fsp3) is 0.636. The molecule has 0 aliphatic carbocycles. The van der Waals surface area contributed by atoms with Crippen molar-refractivity contribution in [3.05, 3.63) is 17.8 Å². The summed E-state index contributed by atoms with van der Waals surface area (Å²) in [6, 6.07) is 4.03. The predicted molar refractivity (Wildman–Crippen MR) is 62.7 cm³/mol. The van der Waals surface area contributed by atoms with Crippen LogP contribution >= 0.6 is 0 Å². The van der Waals surface area contributed by atoms with Gasteiger partial charge >= 0.3 is 0 Å². The fourth-order valence-electron chi connectivity index (χ4n) is 1.42. The van der Waals surface area contributed by atoms with Crippen LogP contribution in [0.3, 0.4) is 0 Å². The van der Waals surface area contributed by atoms with Crippen LogP contribution in [-0.4, -0.2) is 22.8 Å². The van der Waals surface area contributed by atoms with Crippen LogP contribution in [-0.2, 0) is 0 Å². The second-order valence-corrected chi connectivity index (χ2v) is 4.33. The molecule has 1 heterocycles. The van der Waals surface area contributed by atoms with Crippen molar-refractivity contribution < 1.29 is 0 Å². The van der Waals surface area contributed by atoms with Crippen molar-refractivity contribution in [1.82, 2.24) is 10.2 Å². The molecule has 4 heteroatoms. The van der Waals surface area contributed by atoms with Crippen molar-refractivity contribution in [3.63, 3.8) is 0 Å². The normalized spacial score (nSPS) is 12.9. The minimum absolute atomic E-state index is 0.174. The lowest BCUT2D eigenvalue weighted by molar-refractivity contribution is 0.508. The van der Waals surface area contributed by atoms with E-state index in [0.29, 0.717) is 5.92 Å². The van der Waals surface area contributed by atoms with Crippen LogP contribution in [0.15, 0.2) is 12.1 Å². The molecule has 0 aliphatic heterocycles. The zero-order valence-corrected chi connectivity index (χ0v) is 9.70. The molecule has 0 saturated heterocycles. The molecule has 1 aromatic rings. The Hall–Kier alpha value is -1.16. The monoisotopic (exact) mass is 208 g/mol. The van der Waals surface area contributed by atoms with Crippen LogP contribution in [0.1, 0.15) is 26.0 Å². The molecule has 0 bridgehead atoms. The Morgan fingerprint density at radius 1 is 1.33 bits per heavy atom. The number of aromatic nitrogens is 2. The zero-order valence-electron chi connectivity index (χ0n) is 9.70. The summed E-state index contributed by atoms with van der Waals surface area (Å²) >= 11 is 0. The van der Waals surface area contributed by atoms with E-state index < -0.39 is 0 Å². The second-order valence-electron chi connectivity index (χ2n) is 4.33. The standard InChI is InChI=1S/C11H20N4/c1-8(2)6-10(12)7-13-11-5-4-9(3)14-15-11/h4-5,8,10H,6-7,12H2,1-3H3,(H,13,15). The highest BCUT2D eigenvalue weighted by atomic mass is 15.2. The minimum Gasteiger partial charge on any atom is -0.367 e. The van der Waals surface area contributed by atoms with E-state index in [1.807, 2.05) is 19.1 Å². The Balaban J connectivity index is 2.33. The molecule has 0 spiro atoms. The van der Waals surface area contributed by atoms with Gasteiger partial charge in [0.15, 0.2) is 0 Å². The molecular weight excluding hydrogens is 188 g/mol. The first-order chi connectivity index (χ1) is 7.08. The molecule has 84 valence electrons. The molecule has 0 aliphatic rings. The number of anilines is 1. The SMILES string of the molecule is Cc1ccc(NCC(N)CC(C)C)nn1. The van der Waals surface area contributed by atoms with Gasteiger partial charge in [-0.05, 0) is 31.4 Å². The van der Waals surface area contributed by atoms with Gasteiger partial charge in [0, 0.05) is 12.6 Å². The maximum absolute atomic E-state index is 5.94. The quantitative estimate of drug-likeness (QED) is 0.771. The Morgan fingerprint density at radius 3 is 2.60 bits per heavy atom. The highest BCUT2D eigenvalue weighted by Crippen LogP contribution is 2.05. The minimum atomic E-state index is 0.174. The first-order valence-electron chi connectivity index (χ1n) is 5.37. The van der Waals surface area contributed by atoms with Gasteiger partial charge in [-0.3, -0.25) is 0 Å². The van der Waals surface area contributed by atoms with E-state index in [9.17, 15) is 0 Å². The topological polar surface area (TPSA) is 63.8 Å². The third kappa shape index (κ3) is 4.74. The van der Waals surface area contributed by atoms with Crippen LogP contribution in [0, 0.1) is 12.8 Å². The van der Waals surface area contributed by atoms with Crippen molar-refractivity contribution >= 4 is 5.82 Å². The molecule has 0 radical (unpaired) electrons. The number of hydrogen-bond acceptors (Lipinski definition) is 4. The van der Waals surface area contributed by atoms with Gasteiger partial charge in [0.1, 0.15) is 5.82 Å². The van der Waals surface area contributed by atoms with Crippen LogP contribution < -0.4 is 11.1 Å². The molecule has 0 aromatic carbocycles. The van der Waals surface area contributed by atoms with Gasteiger partial charge < -0.3 is 11.1 Å². The van der Waals surface area contributed by atoms with E-state index in [1.165, 1.54) is 0 Å². The van der Waals surface area contributed by atoms with E-state index in [1.54, 1.807) is 0 Å². The van der Waals surface area contributed by atoms with E-state index >= 15 is 0 Å². The third-order valence-electron chi connectivity index (χ3n) is 2.12. The van der Waals surface area contributed by atoms with E-state index in [-0.39, 0.29) is 6.04 Å². The van der Waals surface area contributed by atoms with Gasteiger partial charge in [0.05, 0.1) is 5.69 Å². The molecule has 15 heavy (non-hydrogen) atoms. The summed E-state index contributed by atoms with van der Waals surface area (Å²) in [5, 5.41) is 11.2. The number of aryl methyl sites for hydroxylation is 1. The van der Waals surface area contributed by atoms with Crippen molar-refractivity contribution in [1.29, 1.82) is 0 Å². The average Bonchev–Trinajstić information content (AvgIpc) is 2.16. The van der Waals surface area contributed by atoms with E-state index in [4.69, 9.17) is 5.73 Å². The maximum atomic E-state index is 5.94. The molecule has 3 N–H and O–H groups in total. The largest absolute Gasteiger partial charge is 0.367 e. The zero-order chi connectivity index (χ0) is 11.3. The molecule has 0 amide bonds. The summed E-state index contributed by atoms with van der Waals surface area (Å²) in [5.74, 6) is 1.42. The molecule has 1 atom stereocenters. The molecule has 1 unspecified atom stereocenters. The highest BCUT2D eigenvalue weighted by Gasteiger charge is 2.05. The van der Waals surface area contributed by atoms with Gasteiger partial charge in [-0.15, -0.1) is 5.10 Å². The Bertz CT molecular complexity index is 281. The van der Waals surface area contributed by atoms with Gasteiger partial charge in [-0.1, -0.05) is 13.8 Å². The van der Waals surface area contributed by atoms with Gasteiger partial charge in [0.25, 0.3) is 0 Å². The van der Waals surface area contributed by atoms with Gasteiger partial charge in [0.2, 0.25) is 0 Å². The maximum Gasteiger partial charge on any atom is 0.148 e. The number of hydrogen-bond donors (Lipinski definition) is 2. The van der Waals surface area contributed by atoms with Crippen LogP contribution in [0.25, 0.3) is 0 Å². The molecule has 1 rings (SSSR count). The summed E-state index contributed by atoms with van der Waals surface area (Å²) in [5.41, 5.74) is 6.86. The molecule has 1 aromatic heterocycles. The van der Waals surface area contributed by atoms with Crippen LogP contribution in [0.2, 0.25) is 0 Å². The van der Waals surface area contributed by atoms with Crippen LogP contribution in [0.4, 0.5) is 5.82 Å². The summed E-state index contributed by atoms with van der Waals surface area (Å²) in [7, 11) is 0. The molecule has 0 fully saturated rings. The van der Waals surface area contributed by atoms with Gasteiger partial charge in [-0.25, -0.2) is 0 Å². The van der Waals surface area contributed by atoms with E-state index in [2.05, 4.69) is 29.4 Å². The summed E-state index contributed by atoms with van der Waals surface area (Å²) < 4.78 is 0. The predicted octanol–water partition coefficient (Wildman–Crippen LogP) is 1.57. The van der Waals surface area contributed by atoms with Crippen molar-refractivity contribution in [3.8, 4) is 0 Å². The summed E-state index contributed by atoms with van der Waals surface area (Å²) in [6.45, 7) is 7.01. The van der Waals surface area contributed by atoms with Gasteiger partial charge in [-0.2, -0.15) is 5.10 Å². The Morgan fingerprint density at radius 2 is 2.07 bits per heavy atom. The number of rotatable bonds is 5. The Labute approximate surface area is 91.3 Å². The number of nitrogens with zero attached hydrogens (tertiary/aromatic N) is 2. The molecular formula is C11H20N4. The second kappa shape index (κ2) is 5.66. The first-order valence-corrected chi connectivity index (χ1v) is 5.37. The van der Waals surface area contributed by atoms with Crippen LogP contribution in [0.5, 0.6) is 0 Å². The Kier molecular flexibility index (Phi) is 4.49. The number of nitrogens with two attached hydrogens (primary N) is 1. The fourth-order valence-corrected chi connectivity index (χ4v) is 1.42. The number of nitrogens with one attached hydrogen (secondary N) is 1. The third-order valence-corrected chi connectivity index (χ3v) is 2.12. The lowest BCUT2D eigenvalue weighted by Gasteiger charge is -2.14. The highest BCUT2D eigenvalue weighted by molar-refractivity contribution is 5.32. The molecule has 0 saturated carbocycles. The smallest absolute Gasteiger partial charge is 0.148 e. The summed E-state index contributed by atoms with van der Waals surface area (Å²) in [6.07, 6.45) is 1.02.